The molecule has 0 spiro atoms. The molecule has 18 heavy (non-hydrogen) atoms. The topological polar surface area (TPSA) is 78.2 Å². The monoisotopic (exact) mass is 245 g/mol. The molecule has 0 fully saturated rings. The summed E-state index contributed by atoms with van der Waals surface area (Å²) in [7, 11) is 1.53. The third-order valence-electron chi connectivity index (χ3n) is 2.38. The van der Waals surface area contributed by atoms with Gasteiger partial charge in [-0.2, -0.15) is 4.98 Å². The maximum absolute atomic E-state index is 10.6. The lowest BCUT2D eigenvalue weighted by atomic mass is 10.2. The zero-order chi connectivity index (χ0) is 13.1. The summed E-state index contributed by atoms with van der Waals surface area (Å²) in [6, 6.07) is 7.80. The van der Waals surface area contributed by atoms with E-state index < -0.39 is 4.92 Å². The van der Waals surface area contributed by atoms with Crippen LogP contribution in [-0.4, -0.2) is 22.0 Å². The number of nitrogens with zero attached hydrogens (tertiary/aromatic N) is 3. The van der Waals surface area contributed by atoms with Gasteiger partial charge in [0, 0.05) is 29.5 Å². The number of nitro groups is 1. The van der Waals surface area contributed by atoms with Crippen LogP contribution in [0.4, 0.5) is 5.69 Å². The molecule has 0 radical (unpaired) electrons. The van der Waals surface area contributed by atoms with Gasteiger partial charge in [-0.3, -0.25) is 10.1 Å². The van der Waals surface area contributed by atoms with E-state index in [1.165, 1.54) is 19.2 Å². The predicted molar refractivity (Wildman–Crippen MR) is 65.4 cm³/mol. The molecule has 92 valence electrons. The van der Waals surface area contributed by atoms with Crippen molar-refractivity contribution in [2.24, 2.45) is 0 Å². The molecule has 0 saturated carbocycles. The van der Waals surface area contributed by atoms with Crippen molar-refractivity contribution < 1.29 is 9.66 Å². The van der Waals surface area contributed by atoms with Crippen LogP contribution in [0.1, 0.15) is 5.69 Å². The minimum atomic E-state index is -0.443. The first-order chi connectivity index (χ1) is 8.60. The zero-order valence-electron chi connectivity index (χ0n) is 9.95. The Morgan fingerprint density at radius 3 is 2.44 bits per heavy atom. The fraction of sp³-hybridized carbons (Fsp3) is 0.167. The molecular formula is C12H11N3O3. The van der Waals surface area contributed by atoms with E-state index in [4.69, 9.17) is 4.74 Å². The third kappa shape index (κ3) is 2.42. The SMILES string of the molecule is COc1cc(C)nc(-c2ccc([N+](=O)[O-])cc2)n1. The molecule has 0 atom stereocenters. The van der Waals surface area contributed by atoms with Crippen LogP contribution < -0.4 is 4.74 Å². The molecule has 6 heteroatoms. The van der Waals surface area contributed by atoms with Crippen molar-refractivity contribution >= 4 is 5.69 Å². The van der Waals surface area contributed by atoms with Crippen molar-refractivity contribution in [1.29, 1.82) is 0 Å². The number of methoxy groups -OCH3 is 1. The Kier molecular flexibility index (Phi) is 3.18. The van der Waals surface area contributed by atoms with Crippen molar-refractivity contribution in [2.75, 3.05) is 7.11 Å². The van der Waals surface area contributed by atoms with E-state index in [0.29, 0.717) is 17.3 Å². The minimum Gasteiger partial charge on any atom is -0.481 e. The van der Waals surface area contributed by atoms with Crippen molar-refractivity contribution in [2.45, 2.75) is 6.92 Å². The van der Waals surface area contributed by atoms with E-state index in [1.807, 2.05) is 6.92 Å². The molecule has 0 N–H and O–H groups in total. The lowest BCUT2D eigenvalue weighted by Crippen LogP contribution is -1.96. The smallest absolute Gasteiger partial charge is 0.269 e. The van der Waals surface area contributed by atoms with E-state index in [-0.39, 0.29) is 5.69 Å². The lowest BCUT2D eigenvalue weighted by Gasteiger charge is -2.04. The Hall–Kier alpha value is -2.50. The Morgan fingerprint density at radius 2 is 1.89 bits per heavy atom. The van der Waals surface area contributed by atoms with Crippen LogP contribution in [0.3, 0.4) is 0 Å². The Bertz CT molecular complexity index is 582. The van der Waals surface area contributed by atoms with Gasteiger partial charge in [-0.15, -0.1) is 0 Å². The average Bonchev–Trinajstić information content (AvgIpc) is 2.38. The Labute approximate surface area is 103 Å². The van der Waals surface area contributed by atoms with E-state index >= 15 is 0 Å². The maximum atomic E-state index is 10.6. The van der Waals surface area contributed by atoms with Crippen molar-refractivity contribution in [3.8, 4) is 17.3 Å². The molecular weight excluding hydrogens is 234 g/mol. The normalized spacial score (nSPS) is 10.1. The van der Waals surface area contributed by atoms with Gasteiger partial charge in [-0.25, -0.2) is 4.98 Å². The number of rotatable bonds is 3. The van der Waals surface area contributed by atoms with Crippen molar-refractivity contribution in [3.05, 3.63) is 46.1 Å². The van der Waals surface area contributed by atoms with Gasteiger partial charge in [-0.1, -0.05) is 0 Å². The predicted octanol–water partition coefficient (Wildman–Crippen LogP) is 2.37. The number of aromatic nitrogens is 2. The molecule has 1 aromatic carbocycles. The number of non-ortho nitro benzene ring substituents is 1. The summed E-state index contributed by atoms with van der Waals surface area (Å²) >= 11 is 0. The van der Waals surface area contributed by atoms with Crippen LogP contribution in [0.25, 0.3) is 11.4 Å². The second-order valence-electron chi connectivity index (χ2n) is 3.68. The first-order valence-electron chi connectivity index (χ1n) is 5.24. The van der Waals surface area contributed by atoms with Crippen molar-refractivity contribution in [3.63, 3.8) is 0 Å². The number of benzene rings is 1. The summed E-state index contributed by atoms with van der Waals surface area (Å²) in [6.45, 7) is 1.83. The minimum absolute atomic E-state index is 0.0402. The number of hydrogen-bond donors (Lipinski definition) is 0. The Morgan fingerprint density at radius 1 is 1.22 bits per heavy atom. The van der Waals surface area contributed by atoms with Gasteiger partial charge >= 0.3 is 0 Å². The van der Waals surface area contributed by atoms with Crippen LogP contribution in [0, 0.1) is 17.0 Å². The highest BCUT2D eigenvalue weighted by molar-refractivity contribution is 5.57. The second-order valence-corrected chi connectivity index (χ2v) is 3.68. The third-order valence-corrected chi connectivity index (χ3v) is 2.38. The first kappa shape index (κ1) is 12.0. The number of ether oxygens (including phenoxy) is 1. The molecule has 1 heterocycles. The van der Waals surface area contributed by atoms with Crippen molar-refractivity contribution in [1.82, 2.24) is 9.97 Å². The fourth-order valence-corrected chi connectivity index (χ4v) is 1.51. The molecule has 0 unspecified atom stereocenters. The van der Waals surface area contributed by atoms with E-state index in [1.54, 1.807) is 18.2 Å². The zero-order valence-corrected chi connectivity index (χ0v) is 9.95. The summed E-state index contributed by atoms with van der Waals surface area (Å²) in [5.41, 5.74) is 1.52. The molecule has 6 nitrogen and oxygen atoms in total. The molecule has 2 rings (SSSR count). The number of aryl methyl sites for hydroxylation is 1. The molecule has 0 aliphatic carbocycles. The van der Waals surface area contributed by atoms with Crippen LogP contribution in [0.5, 0.6) is 5.88 Å². The van der Waals surface area contributed by atoms with Gasteiger partial charge in [-0.05, 0) is 19.1 Å². The van der Waals surface area contributed by atoms with Gasteiger partial charge in [0.2, 0.25) is 5.88 Å². The molecule has 0 amide bonds. The fourth-order valence-electron chi connectivity index (χ4n) is 1.51. The van der Waals surface area contributed by atoms with Crippen LogP contribution in [-0.2, 0) is 0 Å². The molecule has 1 aromatic heterocycles. The summed E-state index contributed by atoms with van der Waals surface area (Å²) in [6.07, 6.45) is 0. The standard InChI is InChI=1S/C12H11N3O3/c1-8-7-11(18-2)14-12(13-8)9-3-5-10(6-4-9)15(16)17/h3-7H,1-2H3. The van der Waals surface area contributed by atoms with Crippen LogP contribution in [0.15, 0.2) is 30.3 Å². The quantitative estimate of drug-likeness (QED) is 0.612. The average molecular weight is 245 g/mol. The molecule has 2 aromatic rings. The van der Waals surface area contributed by atoms with Gasteiger partial charge in [0.15, 0.2) is 5.82 Å². The lowest BCUT2D eigenvalue weighted by molar-refractivity contribution is -0.384. The Balaban J connectivity index is 2.42. The molecule has 0 aliphatic heterocycles. The van der Waals surface area contributed by atoms with Crippen LogP contribution in [0.2, 0.25) is 0 Å². The molecule has 0 bridgehead atoms. The summed E-state index contributed by atoms with van der Waals surface area (Å²) in [5, 5.41) is 10.6. The summed E-state index contributed by atoms with van der Waals surface area (Å²) in [5.74, 6) is 0.956. The van der Waals surface area contributed by atoms with Gasteiger partial charge in [0.25, 0.3) is 5.69 Å². The highest BCUT2D eigenvalue weighted by Crippen LogP contribution is 2.21. The highest BCUT2D eigenvalue weighted by Gasteiger charge is 2.08. The van der Waals surface area contributed by atoms with Crippen LogP contribution >= 0.6 is 0 Å². The maximum Gasteiger partial charge on any atom is 0.269 e. The number of hydrogen-bond acceptors (Lipinski definition) is 5. The summed E-state index contributed by atoms with van der Waals surface area (Å²) < 4.78 is 5.06. The van der Waals surface area contributed by atoms with Gasteiger partial charge in [0.05, 0.1) is 12.0 Å². The second kappa shape index (κ2) is 4.79. The first-order valence-corrected chi connectivity index (χ1v) is 5.24. The largest absolute Gasteiger partial charge is 0.481 e. The van der Waals surface area contributed by atoms with Gasteiger partial charge < -0.3 is 4.74 Å². The summed E-state index contributed by atoms with van der Waals surface area (Å²) in [4.78, 5) is 18.6. The highest BCUT2D eigenvalue weighted by atomic mass is 16.6. The van der Waals surface area contributed by atoms with E-state index in [2.05, 4.69) is 9.97 Å². The van der Waals surface area contributed by atoms with E-state index in [0.717, 1.165) is 5.69 Å². The molecule has 0 aliphatic rings. The van der Waals surface area contributed by atoms with E-state index in [9.17, 15) is 10.1 Å². The number of nitro benzene ring substituents is 1. The van der Waals surface area contributed by atoms with Gasteiger partial charge in [0.1, 0.15) is 0 Å². The molecule has 0 saturated heterocycles.